The Morgan fingerprint density at radius 3 is 2.62 bits per heavy atom. The number of para-hydroxylation sites is 2. The van der Waals surface area contributed by atoms with Gasteiger partial charge in [-0.05, 0) is 49.7 Å². The average molecular weight is 324 g/mol. The summed E-state index contributed by atoms with van der Waals surface area (Å²) in [6.45, 7) is 3.97. The molecule has 5 rings (SSSR count). The molecule has 3 heterocycles. The molecule has 5 nitrogen and oxygen atoms in total. The van der Waals surface area contributed by atoms with Crippen molar-refractivity contribution in [2.75, 3.05) is 31.1 Å². The van der Waals surface area contributed by atoms with Crippen molar-refractivity contribution in [2.24, 2.45) is 11.3 Å². The number of imidazole rings is 1. The second-order valence-electron chi connectivity index (χ2n) is 7.72. The molecule has 2 aliphatic heterocycles. The van der Waals surface area contributed by atoms with Crippen molar-refractivity contribution in [3.63, 3.8) is 0 Å². The number of amides is 1. The number of nitrogens with zero attached hydrogens (tertiary/aromatic N) is 3. The van der Waals surface area contributed by atoms with Crippen LogP contribution >= 0.6 is 0 Å². The number of H-pyrrole nitrogens is 1. The molecule has 2 aromatic rings. The van der Waals surface area contributed by atoms with Gasteiger partial charge in [0.25, 0.3) is 0 Å². The summed E-state index contributed by atoms with van der Waals surface area (Å²) in [6.07, 6.45) is 5.72. The van der Waals surface area contributed by atoms with Gasteiger partial charge in [0.05, 0.1) is 11.0 Å². The number of nitrogens with one attached hydrogen (secondary N) is 1. The van der Waals surface area contributed by atoms with Crippen LogP contribution in [0.1, 0.15) is 32.1 Å². The van der Waals surface area contributed by atoms with E-state index < -0.39 is 0 Å². The average Bonchev–Trinajstić information content (AvgIpc) is 3.02. The number of likely N-dealkylation sites (tertiary alicyclic amines) is 1. The van der Waals surface area contributed by atoms with Crippen LogP contribution in [0.25, 0.3) is 11.0 Å². The van der Waals surface area contributed by atoms with Gasteiger partial charge in [0, 0.05) is 32.1 Å². The first kappa shape index (κ1) is 14.3. The van der Waals surface area contributed by atoms with E-state index in [9.17, 15) is 4.79 Å². The topological polar surface area (TPSA) is 52.2 Å². The second-order valence-corrected chi connectivity index (χ2v) is 7.72. The molecule has 0 radical (unpaired) electrons. The van der Waals surface area contributed by atoms with Crippen LogP contribution in [0.3, 0.4) is 0 Å². The second kappa shape index (κ2) is 5.23. The lowest BCUT2D eigenvalue weighted by atomic mass is 9.90. The zero-order valence-corrected chi connectivity index (χ0v) is 14.0. The highest BCUT2D eigenvalue weighted by molar-refractivity contribution is 5.83. The highest BCUT2D eigenvalue weighted by Crippen LogP contribution is 2.60. The van der Waals surface area contributed by atoms with E-state index >= 15 is 0 Å². The third-order valence-electron chi connectivity index (χ3n) is 6.34. The number of aromatic nitrogens is 2. The molecule has 5 heteroatoms. The van der Waals surface area contributed by atoms with E-state index in [0.29, 0.717) is 17.2 Å². The SMILES string of the molecule is O=C([C@@H]1CC12CCN(c1nc3ccccc3[nH]1)CC2)N1CCCC1. The molecule has 1 spiro atoms. The van der Waals surface area contributed by atoms with Crippen molar-refractivity contribution < 1.29 is 4.79 Å². The maximum atomic E-state index is 12.6. The van der Waals surface area contributed by atoms with E-state index in [4.69, 9.17) is 4.98 Å². The van der Waals surface area contributed by atoms with E-state index in [1.165, 1.54) is 12.8 Å². The molecule has 24 heavy (non-hydrogen) atoms. The molecule has 1 aliphatic carbocycles. The zero-order chi connectivity index (χ0) is 16.1. The van der Waals surface area contributed by atoms with Crippen molar-refractivity contribution in [2.45, 2.75) is 32.1 Å². The maximum absolute atomic E-state index is 12.6. The molecular formula is C19H24N4O. The minimum atomic E-state index is 0.294. The normalized spacial score (nSPS) is 25.6. The highest BCUT2D eigenvalue weighted by Gasteiger charge is 2.59. The largest absolute Gasteiger partial charge is 0.342 e. The number of hydrogen-bond donors (Lipinski definition) is 1. The Morgan fingerprint density at radius 1 is 1.12 bits per heavy atom. The Labute approximate surface area is 142 Å². The van der Waals surface area contributed by atoms with Gasteiger partial charge in [-0.2, -0.15) is 0 Å². The fourth-order valence-corrected chi connectivity index (χ4v) is 4.66. The Kier molecular flexibility index (Phi) is 3.12. The standard InChI is InChI=1S/C19H24N4O/c24-17(22-9-3-4-10-22)14-13-19(14)7-11-23(12-8-19)18-20-15-5-1-2-6-16(15)21-18/h1-2,5-6,14H,3-4,7-13H2,(H,20,21)/t14-/m0/s1. The number of anilines is 1. The predicted molar refractivity (Wildman–Crippen MR) is 93.9 cm³/mol. The van der Waals surface area contributed by atoms with Crippen molar-refractivity contribution in [1.82, 2.24) is 14.9 Å². The Morgan fingerprint density at radius 2 is 1.88 bits per heavy atom. The van der Waals surface area contributed by atoms with Crippen LogP contribution < -0.4 is 4.90 Å². The predicted octanol–water partition coefficient (Wildman–Crippen LogP) is 2.79. The van der Waals surface area contributed by atoms with Crippen LogP contribution in [-0.2, 0) is 4.79 Å². The fourth-order valence-electron chi connectivity index (χ4n) is 4.66. The lowest BCUT2D eigenvalue weighted by Crippen LogP contribution is -2.38. The van der Waals surface area contributed by atoms with Gasteiger partial charge in [-0.15, -0.1) is 0 Å². The number of fused-ring (bicyclic) bond motifs is 1. The van der Waals surface area contributed by atoms with Crippen LogP contribution in [0.5, 0.6) is 0 Å². The van der Waals surface area contributed by atoms with E-state index in [2.05, 4.69) is 20.9 Å². The number of rotatable bonds is 2. The molecule has 2 saturated heterocycles. The molecule has 1 amide bonds. The summed E-state index contributed by atoms with van der Waals surface area (Å²) in [5, 5.41) is 0. The lowest BCUT2D eigenvalue weighted by molar-refractivity contribution is -0.132. The number of carbonyl (C=O) groups is 1. The fraction of sp³-hybridized carbons (Fsp3) is 0.579. The van der Waals surface area contributed by atoms with Crippen LogP contribution in [0.15, 0.2) is 24.3 Å². The van der Waals surface area contributed by atoms with Crippen LogP contribution in [-0.4, -0.2) is 47.0 Å². The molecule has 1 atom stereocenters. The van der Waals surface area contributed by atoms with Crippen LogP contribution in [0.4, 0.5) is 5.95 Å². The smallest absolute Gasteiger partial charge is 0.226 e. The van der Waals surface area contributed by atoms with Crippen molar-refractivity contribution >= 4 is 22.9 Å². The summed E-state index contributed by atoms with van der Waals surface area (Å²) in [5.74, 6) is 1.72. The van der Waals surface area contributed by atoms with E-state index in [-0.39, 0.29) is 0 Å². The first-order valence-electron chi connectivity index (χ1n) is 9.24. The lowest BCUT2D eigenvalue weighted by Gasteiger charge is -2.33. The third-order valence-corrected chi connectivity index (χ3v) is 6.34. The van der Waals surface area contributed by atoms with Gasteiger partial charge >= 0.3 is 0 Å². The van der Waals surface area contributed by atoms with Gasteiger partial charge in [0.2, 0.25) is 11.9 Å². The van der Waals surface area contributed by atoms with Gasteiger partial charge < -0.3 is 14.8 Å². The Balaban J connectivity index is 1.25. The summed E-state index contributed by atoms with van der Waals surface area (Å²) in [7, 11) is 0. The molecule has 0 bridgehead atoms. The quantitative estimate of drug-likeness (QED) is 0.924. The summed E-state index contributed by atoms with van der Waals surface area (Å²) in [6, 6.07) is 8.18. The summed E-state index contributed by atoms with van der Waals surface area (Å²) in [5.41, 5.74) is 2.42. The molecule has 0 unspecified atom stereocenters. The van der Waals surface area contributed by atoms with E-state index in [0.717, 1.165) is 62.4 Å². The summed E-state index contributed by atoms with van der Waals surface area (Å²) >= 11 is 0. The molecule has 126 valence electrons. The van der Waals surface area contributed by atoms with Gasteiger partial charge in [0.1, 0.15) is 0 Å². The highest BCUT2D eigenvalue weighted by atomic mass is 16.2. The Hall–Kier alpha value is -2.04. The minimum Gasteiger partial charge on any atom is -0.342 e. The van der Waals surface area contributed by atoms with Gasteiger partial charge in [-0.3, -0.25) is 4.79 Å². The Bertz CT molecular complexity index is 736. The van der Waals surface area contributed by atoms with E-state index in [1.807, 2.05) is 18.2 Å². The summed E-state index contributed by atoms with van der Waals surface area (Å²) < 4.78 is 0. The van der Waals surface area contributed by atoms with Crippen LogP contribution in [0, 0.1) is 11.3 Å². The molecule has 3 aliphatic rings. The molecular weight excluding hydrogens is 300 g/mol. The molecule has 3 fully saturated rings. The minimum absolute atomic E-state index is 0.294. The first-order chi connectivity index (χ1) is 11.8. The van der Waals surface area contributed by atoms with Crippen LogP contribution in [0.2, 0.25) is 0 Å². The number of aromatic amines is 1. The van der Waals surface area contributed by atoms with Gasteiger partial charge in [0.15, 0.2) is 0 Å². The first-order valence-corrected chi connectivity index (χ1v) is 9.24. The zero-order valence-electron chi connectivity index (χ0n) is 14.0. The molecule has 1 saturated carbocycles. The molecule has 1 aromatic heterocycles. The van der Waals surface area contributed by atoms with Crippen molar-refractivity contribution in [3.8, 4) is 0 Å². The van der Waals surface area contributed by atoms with Gasteiger partial charge in [-0.25, -0.2) is 4.98 Å². The monoisotopic (exact) mass is 324 g/mol. The van der Waals surface area contributed by atoms with Crippen molar-refractivity contribution in [1.29, 1.82) is 0 Å². The summed E-state index contributed by atoms with van der Waals surface area (Å²) in [4.78, 5) is 25.2. The molecule has 1 N–H and O–H groups in total. The van der Waals surface area contributed by atoms with E-state index in [1.54, 1.807) is 0 Å². The number of benzene rings is 1. The number of carbonyl (C=O) groups excluding carboxylic acids is 1. The van der Waals surface area contributed by atoms with Crippen molar-refractivity contribution in [3.05, 3.63) is 24.3 Å². The maximum Gasteiger partial charge on any atom is 0.226 e. The number of hydrogen-bond acceptors (Lipinski definition) is 3. The number of piperidine rings is 1. The van der Waals surface area contributed by atoms with Gasteiger partial charge in [-0.1, -0.05) is 12.1 Å². The third kappa shape index (κ3) is 2.21. The molecule has 1 aromatic carbocycles.